The van der Waals surface area contributed by atoms with E-state index in [9.17, 15) is 13.2 Å². The van der Waals surface area contributed by atoms with Crippen LogP contribution in [-0.4, -0.2) is 41.9 Å². The first kappa shape index (κ1) is 18.8. The van der Waals surface area contributed by atoms with E-state index < -0.39 is 15.9 Å². The highest BCUT2D eigenvalue weighted by atomic mass is 79.9. The second-order valence-electron chi connectivity index (χ2n) is 6.11. The normalized spacial score (nSPS) is 15.0. The third-order valence-electron chi connectivity index (χ3n) is 4.25. The van der Waals surface area contributed by atoms with Gasteiger partial charge in [-0.1, -0.05) is 5.10 Å². The minimum Gasteiger partial charge on any atom is -0.444 e. The van der Waals surface area contributed by atoms with Crippen LogP contribution in [0.25, 0.3) is 11.7 Å². The van der Waals surface area contributed by atoms with Crippen molar-refractivity contribution in [3.05, 3.63) is 46.6 Å². The topological polar surface area (TPSA) is 119 Å². The molecule has 0 bridgehead atoms. The van der Waals surface area contributed by atoms with Gasteiger partial charge in [0, 0.05) is 18.7 Å². The van der Waals surface area contributed by atoms with Gasteiger partial charge in [-0.05, 0) is 65.2 Å². The van der Waals surface area contributed by atoms with Crippen molar-refractivity contribution >= 4 is 37.9 Å². The van der Waals surface area contributed by atoms with E-state index in [1.807, 2.05) is 0 Å². The number of carbonyl (C=O) groups is 1. The summed E-state index contributed by atoms with van der Waals surface area (Å²) in [5.41, 5.74) is 0.265. The summed E-state index contributed by atoms with van der Waals surface area (Å²) in [4.78, 5) is 12.5. The first-order valence-corrected chi connectivity index (χ1v) is 10.7. The minimum atomic E-state index is -3.52. The maximum Gasteiger partial charge on any atom is 0.322 e. The Labute approximate surface area is 168 Å². The number of furan rings is 1. The molecule has 146 valence electrons. The van der Waals surface area contributed by atoms with Gasteiger partial charge in [0.25, 0.3) is 11.8 Å². The van der Waals surface area contributed by atoms with Crippen LogP contribution >= 0.6 is 15.9 Å². The van der Waals surface area contributed by atoms with Crippen LogP contribution in [0.3, 0.4) is 0 Å². The van der Waals surface area contributed by atoms with Gasteiger partial charge in [0.15, 0.2) is 10.4 Å². The molecule has 28 heavy (non-hydrogen) atoms. The third kappa shape index (κ3) is 3.73. The van der Waals surface area contributed by atoms with Crippen molar-refractivity contribution in [2.45, 2.75) is 17.7 Å². The number of halogens is 1. The van der Waals surface area contributed by atoms with Gasteiger partial charge >= 0.3 is 6.01 Å². The molecule has 1 N–H and O–H groups in total. The van der Waals surface area contributed by atoms with Gasteiger partial charge in [-0.3, -0.25) is 10.1 Å². The molecule has 4 rings (SSSR count). The van der Waals surface area contributed by atoms with Gasteiger partial charge in [0.1, 0.15) is 0 Å². The number of rotatable bonds is 5. The number of amides is 1. The summed E-state index contributed by atoms with van der Waals surface area (Å²) in [6.45, 7) is 1.05. The second-order valence-corrected chi connectivity index (χ2v) is 8.83. The van der Waals surface area contributed by atoms with Crippen LogP contribution in [0.2, 0.25) is 0 Å². The summed E-state index contributed by atoms with van der Waals surface area (Å²) in [6.07, 6.45) is 1.72. The quantitative estimate of drug-likeness (QED) is 0.613. The van der Waals surface area contributed by atoms with Crippen LogP contribution in [0.1, 0.15) is 23.2 Å². The van der Waals surface area contributed by atoms with Crippen molar-refractivity contribution < 1.29 is 22.0 Å². The van der Waals surface area contributed by atoms with Crippen LogP contribution in [0.5, 0.6) is 0 Å². The Morgan fingerprint density at radius 2 is 1.75 bits per heavy atom. The summed E-state index contributed by atoms with van der Waals surface area (Å²) in [5, 5.41) is 10.0. The summed E-state index contributed by atoms with van der Waals surface area (Å²) < 4.78 is 37.7. The van der Waals surface area contributed by atoms with E-state index in [1.54, 1.807) is 12.1 Å². The summed E-state index contributed by atoms with van der Waals surface area (Å²) in [7, 11) is -3.52. The molecule has 1 saturated heterocycles. The molecule has 1 aromatic carbocycles. The first-order valence-electron chi connectivity index (χ1n) is 8.44. The summed E-state index contributed by atoms with van der Waals surface area (Å²) in [5.74, 6) is -0.0228. The largest absolute Gasteiger partial charge is 0.444 e. The molecular formula is C17H15BrN4O5S. The summed E-state index contributed by atoms with van der Waals surface area (Å²) >= 11 is 3.18. The lowest BCUT2D eigenvalue weighted by molar-refractivity contribution is 0.102. The van der Waals surface area contributed by atoms with Gasteiger partial charge in [0.05, 0.1) is 4.90 Å². The zero-order chi connectivity index (χ0) is 19.7. The molecule has 0 radical (unpaired) electrons. The van der Waals surface area contributed by atoms with Crippen molar-refractivity contribution in [1.82, 2.24) is 14.5 Å². The molecule has 11 heteroatoms. The fourth-order valence-electron chi connectivity index (χ4n) is 2.83. The molecule has 0 aliphatic carbocycles. The molecular weight excluding hydrogens is 452 g/mol. The molecule has 1 aliphatic heterocycles. The molecule has 2 aromatic heterocycles. The zero-order valence-electron chi connectivity index (χ0n) is 14.5. The molecule has 3 heterocycles. The Balaban J connectivity index is 1.46. The number of anilines is 1. The van der Waals surface area contributed by atoms with E-state index in [0.29, 0.717) is 23.5 Å². The average molecular weight is 467 g/mol. The number of nitrogens with zero attached hydrogens (tertiary/aromatic N) is 3. The van der Waals surface area contributed by atoms with Gasteiger partial charge in [-0.2, -0.15) is 4.31 Å². The number of hydrogen-bond donors (Lipinski definition) is 1. The number of nitrogens with one attached hydrogen (secondary N) is 1. The Morgan fingerprint density at radius 3 is 2.39 bits per heavy atom. The van der Waals surface area contributed by atoms with E-state index in [-0.39, 0.29) is 22.4 Å². The second kappa shape index (κ2) is 7.49. The average Bonchev–Trinajstić information content (AvgIpc) is 3.43. The van der Waals surface area contributed by atoms with E-state index in [2.05, 4.69) is 31.4 Å². The third-order valence-corrected chi connectivity index (χ3v) is 6.59. The highest BCUT2D eigenvalue weighted by Crippen LogP contribution is 2.25. The number of hydrogen-bond acceptors (Lipinski definition) is 7. The zero-order valence-corrected chi connectivity index (χ0v) is 16.9. The number of sulfonamides is 1. The minimum absolute atomic E-state index is 0.0960. The van der Waals surface area contributed by atoms with Crippen molar-refractivity contribution in [3.63, 3.8) is 0 Å². The smallest absolute Gasteiger partial charge is 0.322 e. The number of aromatic nitrogens is 2. The van der Waals surface area contributed by atoms with Crippen LogP contribution in [0.15, 0.2) is 54.8 Å². The van der Waals surface area contributed by atoms with Crippen LogP contribution in [-0.2, 0) is 10.0 Å². The molecule has 1 aliphatic rings. The van der Waals surface area contributed by atoms with Crippen LogP contribution in [0, 0.1) is 0 Å². The predicted octanol–water partition coefficient (Wildman–Crippen LogP) is 3.13. The molecule has 0 saturated carbocycles. The van der Waals surface area contributed by atoms with E-state index in [0.717, 1.165) is 12.8 Å². The molecule has 9 nitrogen and oxygen atoms in total. The molecule has 0 atom stereocenters. The standard InChI is InChI=1S/C17H15BrN4O5S/c18-14-8-7-13(26-14)16-20-21-17(27-16)19-15(23)11-3-5-12(6-4-11)28(24,25)22-9-1-2-10-22/h3-8H,1-2,9-10H2,(H,19,21,23). The van der Waals surface area contributed by atoms with Crippen molar-refractivity contribution in [2.75, 3.05) is 18.4 Å². The molecule has 3 aromatic rings. The van der Waals surface area contributed by atoms with Crippen molar-refractivity contribution in [3.8, 4) is 11.7 Å². The predicted molar refractivity (Wildman–Crippen MR) is 102 cm³/mol. The Hall–Kier alpha value is -2.50. The lowest BCUT2D eigenvalue weighted by Gasteiger charge is -2.15. The fourth-order valence-corrected chi connectivity index (χ4v) is 4.65. The van der Waals surface area contributed by atoms with Gasteiger partial charge in [0.2, 0.25) is 10.0 Å². The van der Waals surface area contributed by atoms with E-state index in [1.165, 1.54) is 28.6 Å². The van der Waals surface area contributed by atoms with Crippen molar-refractivity contribution in [1.29, 1.82) is 0 Å². The monoisotopic (exact) mass is 466 g/mol. The molecule has 1 amide bonds. The Bertz CT molecular complexity index is 1100. The summed E-state index contributed by atoms with van der Waals surface area (Å²) in [6, 6.07) is 8.95. The highest BCUT2D eigenvalue weighted by Gasteiger charge is 2.27. The van der Waals surface area contributed by atoms with Crippen LogP contribution < -0.4 is 5.32 Å². The van der Waals surface area contributed by atoms with Crippen molar-refractivity contribution in [2.24, 2.45) is 0 Å². The maximum atomic E-state index is 12.5. The maximum absolute atomic E-state index is 12.5. The fraction of sp³-hybridized carbons (Fsp3) is 0.235. The Morgan fingerprint density at radius 1 is 1.04 bits per heavy atom. The lowest BCUT2D eigenvalue weighted by Crippen LogP contribution is -2.27. The van der Waals surface area contributed by atoms with E-state index in [4.69, 9.17) is 8.83 Å². The molecule has 0 spiro atoms. The van der Waals surface area contributed by atoms with E-state index >= 15 is 0 Å². The van der Waals surface area contributed by atoms with Gasteiger partial charge < -0.3 is 8.83 Å². The molecule has 0 unspecified atom stereocenters. The highest BCUT2D eigenvalue weighted by molar-refractivity contribution is 9.10. The van der Waals surface area contributed by atoms with Crippen LogP contribution in [0.4, 0.5) is 6.01 Å². The number of carbonyl (C=O) groups excluding carboxylic acids is 1. The number of benzene rings is 1. The molecule has 1 fully saturated rings. The first-order chi connectivity index (χ1) is 13.4. The van der Waals surface area contributed by atoms with Gasteiger partial charge in [-0.15, -0.1) is 5.10 Å². The SMILES string of the molecule is O=C(Nc1nnc(-c2ccc(Br)o2)o1)c1ccc(S(=O)(=O)N2CCCC2)cc1. The lowest BCUT2D eigenvalue weighted by atomic mass is 10.2. The van der Waals surface area contributed by atoms with Gasteiger partial charge in [-0.25, -0.2) is 8.42 Å². The Kier molecular flexibility index (Phi) is 5.04.